The van der Waals surface area contributed by atoms with Crippen LogP contribution in [0, 0.1) is 0 Å². The van der Waals surface area contributed by atoms with Crippen LogP contribution in [0.4, 0.5) is 0 Å². The zero-order valence-electron chi connectivity index (χ0n) is 8.17. The van der Waals surface area contributed by atoms with Crippen LogP contribution >= 0.6 is 0 Å². The van der Waals surface area contributed by atoms with Gasteiger partial charge >= 0.3 is 0 Å². The molecule has 0 unspecified atom stereocenters. The van der Waals surface area contributed by atoms with Crippen LogP contribution < -0.4 is 5.32 Å². The van der Waals surface area contributed by atoms with Gasteiger partial charge in [0.05, 0.1) is 0 Å². The Morgan fingerprint density at radius 1 is 1.36 bits per heavy atom. The van der Waals surface area contributed by atoms with Gasteiger partial charge in [0.25, 0.3) is 0 Å². The molecule has 0 bridgehead atoms. The topological polar surface area (TPSA) is 48.0 Å². The van der Waals surface area contributed by atoms with Gasteiger partial charge in [-0.05, 0) is 37.7 Å². The van der Waals surface area contributed by atoms with Crippen molar-refractivity contribution in [3.63, 3.8) is 0 Å². The molecule has 0 aliphatic heterocycles. The zero-order chi connectivity index (χ0) is 9.97. The molecule has 0 aliphatic rings. The van der Waals surface area contributed by atoms with Crippen LogP contribution in [0.1, 0.15) is 5.69 Å². The number of H-pyrrole nitrogens is 1. The highest BCUT2D eigenvalue weighted by atomic mass is 16.3. The lowest BCUT2D eigenvalue weighted by molar-refractivity contribution is 0.476. The van der Waals surface area contributed by atoms with Crippen LogP contribution in [0.25, 0.3) is 10.9 Å². The molecule has 0 amide bonds. The lowest BCUT2D eigenvalue weighted by atomic mass is 10.2. The smallest absolute Gasteiger partial charge is 0.116 e. The number of nitrogens with one attached hydrogen (secondary N) is 2. The van der Waals surface area contributed by atoms with Crippen molar-refractivity contribution in [3.8, 4) is 5.75 Å². The fraction of sp³-hybridized carbons (Fsp3) is 0.273. The molecular weight excluding hydrogens is 176 g/mol. The summed E-state index contributed by atoms with van der Waals surface area (Å²) in [6, 6.07) is 7.44. The summed E-state index contributed by atoms with van der Waals surface area (Å²) in [5.74, 6) is 0.316. The Labute approximate surface area is 82.8 Å². The van der Waals surface area contributed by atoms with Gasteiger partial charge in [-0.2, -0.15) is 0 Å². The van der Waals surface area contributed by atoms with Crippen LogP contribution in [0.2, 0.25) is 0 Å². The van der Waals surface area contributed by atoms with Crippen molar-refractivity contribution in [3.05, 3.63) is 30.0 Å². The average molecular weight is 190 g/mol. The summed E-state index contributed by atoms with van der Waals surface area (Å²) in [5, 5.41) is 13.5. The molecule has 1 heterocycles. The Bertz CT molecular complexity index is 434. The predicted molar refractivity (Wildman–Crippen MR) is 57.6 cm³/mol. The van der Waals surface area contributed by atoms with E-state index in [1.165, 1.54) is 5.69 Å². The van der Waals surface area contributed by atoms with Crippen molar-refractivity contribution < 1.29 is 5.11 Å². The van der Waals surface area contributed by atoms with Gasteiger partial charge in [0.15, 0.2) is 0 Å². The van der Waals surface area contributed by atoms with Gasteiger partial charge in [0.2, 0.25) is 0 Å². The molecule has 0 spiro atoms. The number of benzene rings is 1. The molecule has 0 atom stereocenters. The maximum Gasteiger partial charge on any atom is 0.116 e. The number of phenols is 1. The Hall–Kier alpha value is -1.48. The maximum absolute atomic E-state index is 9.29. The third kappa shape index (κ3) is 1.72. The summed E-state index contributed by atoms with van der Waals surface area (Å²) in [5.41, 5.74) is 2.27. The van der Waals surface area contributed by atoms with E-state index in [2.05, 4.69) is 16.4 Å². The van der Waals surface area contributed by atoms with Gasteiger partial charge in [-0.15, -0.1) is 0 Å². The van der Waals surface area contributed by atoms with Crippen molar-refractivity contribution >= 4 is 10.9 Å². The van der Waals surface area contributed by atoms with Crippen LogP contribution in [-0.2, 0) is 6.42 Å². The second kappa shape index (κ2) is 3.72. The Morgan fingerprint density at radius 2 is 2.21 bits per heavy atom. The van der Waals surface area contributed by atoms with Crippen LogP contribution in [0.3, 0.4) is 0 Å². The quantitative estimate of drug-likeness (QED) is 0.689. The summed E-state index contributed by atoms with van der Waals surface area (Å²) in [4.78, 5) is 3.31. The van der Waals surface area contributed by atoms with E-state index >= 15 is 0 Å². The van der Waals surface area contributed by atoms with E-state index in [-0.39, 0.29) is 0 Å². The van der Waals surface area contributed by atoms with Crippen LogP contribution in [0.5, 0.6) is 5.75 Å². The molecule has 1 aromatic heterocycles. The largest absolute Gasteiger partial charge is 0.508 e. The van der Waals surface area contributed by atoms with Crippen molar-refractivity contribution in [1.82, 2.24) is 10.3 Å². The number of aromatic hydroxyl groups is 1. The fourth-order valence-corrected chi connectivity index (χ4v) is 1.57. The van der Waals surface area contributed by atoms with E-state index in [1.807, 2.05) is 13.1 Å². The molecule has 1 aromatic carbocycles. The number of phenolic OH excluding ortho intramolecular Hbond substituents is 1. The Balaban J connectivity index is 2.32. The first-order valence-corrected chi connectivity index (χ1v) is 4.75. The van der Waals surface area contributed by atoms with E-state index in [9.17, 15) is 5.11 Å². The summed E-state index contributed by atoms with van der Waals surface area (Å²) >= 11 is 0. The van der Waals surface area contributed by atoms with Gasteiger partial charge in [0.1, 0.15) is 5.75 Å². The first-order valence-electron chi connectivity index (χ1n) is 4.75. The molecule has 0 saturated carbocycles. The maximum atomic E-state index is 9.29. The van der Waals surface area contributed by atoms with Gasteiger partial charge in [-0.1, -0.05) is 0 Å². The Morgan fingerprint density at radius 3 is 3.00 bits per heavy atom. The molecule has 2 aromatic rings. The molecule has 3 nitrogen and oxygen atoms in total. The second-order valence-electron chi connectivity index (χ2n) is 3.42. The number of aromatic amines is 1. The minimum Gasteiger partial charge on any atom is -0.508 e. The first-order chi connectivity index (χ1) is 6.79. The second-order valence-corrected chi connectivity index (χ2v) is 3.42. The van der Waals surface area contributed by atoms with Crippen LogP contribution in [-0.4, -0.2) is 23.7 Å². The number of hydrogen-bond acceptors (Lipinski definition) is 2. The van der Waals surface area contributed by atoms with E-state index in [0.29, 0.717) is 5.75 Å². The standard InChI is InChI=1S/C11H14N2O/c1-12-5-4-9-6-8-7-10(14)2-3-11(8)13-9/h2-3,6-7,12-14H,4-5H2,1H3. The highest BCUT2D eigenvalue weighted by Gasteiger charge is 2.00. The lowest BCUT2D eigenvalue weighted by Crippen LogP contribution is -2.10. The van der Waals surface area contributed by atoms with E-state index in [0.717, 1.165) is 23.9 Å². The van der Waals surface area contributed by atoms with E-state index in [1.54, 1.807) is 12.1 Å². The summed E-state index contributed by atoms with van der Waals surface area (Å²) in [6.07, 6.45) is 0.978. The van der Waals surface area contributed by atoms with Gasteiger partial charge in [-0.3, -0.25) is 0 Å². The minimum absolute atomic E-state index is 0.316. The average Bonchev–Trinajstić information content (AvgIpc) is 2.56. The lowest BCUT2D eigenvalue weighted by Gasteiger charge is -1.94. The molecule has 0 fully saturated rings. The number of fused-ring (bicyclic) bond motifs is 1. The monoisotopic (exact) mass is 190 g/mol. The molecule has 0 aliphatic carbocycles. The van der Waals surface area contributed by atoms with Crippen molar-refractivity contribution in [2.24, 2.45) is 0 Å². The SMILES string of the molecule is CNCCc1cc2cc(O)ccc2[nH]1. The summed E-state index contributed by atoms with van der Waals surface area (Å²) in [7, 11) is 1.94. The normalized spacial score (nSPS) is 10.9. The fourth-order valence-electron chi connectivity index (χ4n) is 1.57. The first kappa shape index (κ1) is 9.09. The Kier molecular flexibility index (Phi) is 2.41. The van der Waals surface area contributed by atoms with Gasteiger partial charge in [0, 0.05) is 23.1 Å². The molecule has 0 radical (unpaired) electrons. The van der Waals surface area contributed by atoms with E-state index < -0.39 is 0 Å². The van der Waals surface area contributed by atoms with Gasteiger partial charge < -0.3 is 15.4 Å². The minimum atomic E-state index is 0.316. The highest BCUT2D eigenvalue weighted by Crippen LogP contribution is 2.20. The third-order valence-corrected chi connectivity index (χ3v) is 2.30. The summed E-state index contributed by atoms with van der Waals surface area (Å²) in [6.45, 7) is 0.957. The molecule has 14 heavy (non-hydrogen) atoms. The third-order valence-electron chi connectivity index (χ3n) is 2.30. The molecule has 3 heteroatoms. The van der Waals surface area contributed by atoms with Crippen molar-refractivity contribution in [2.45, 2.75) is 6.42 Å². The molecule has 74 valence electrons. The molecule has 0 saturated heterocycles. The number of likely N-dealkylation sites (N-methyl/N-ethyl adjacent to an activating group) is 1. The van der Waals surface area contributed by atoms with Crippen LogP contribution in [0.15, 0.2) is 24.3 Å². The van der Waals surface area contributed by atoms with E-state index in [4.69, 9.17) is 0 Å². The van der Waals surface area contributed by atoms with Gasteiger partial charge in [-0.25, -0.2) is 0 Å². The molecular formula is C11H14N2O. The highest BCUT2D eigenvalue weighted by molar-refractivity contribution is 5.81. The molecule has 3 N–H and O–H groups in total. The predicted octanol–water partition coefficient (Wildman–Crippen LogP) is 1.64. The summed E-state index contributed by atoms with van der Waals surface area (Å²) < 4.78 is 0. The van der Waals surface area contributed by atoms with Crippen molar-refractivity contribution in [2.75, 3.05) is 13.6 Å². The zero-order valence-corrected chi connectivity index (χ0v) is 8.17. The molecule has 2 rings (SSSR count). The number of hydrogen-bond donors (Lipinski definition) is 3. The van der Waals surface area contributed by atoms with Crippen molar-refractivity contribution in [1.29, 1.82) is 0 Å². The number of rotatable bonds is 3. The number of aromatic nitrogens is 1.